The van der Waals surface area contributed by atoms with Gasteiger partial charge in [0, 0.05) is 18.9 Å². The number of thiazole rings is 1. The maximum absolute atomic E-state index is 12.3. The zero-order valence-electron chi connectivity index (χ0n) is 13.6. The second-order valence-corrected chi connectivity index (χ2v) is 6.78. The molecular formula is C20H17N3OS. The molecule has 1 N–H and O–H groups in total. The number of hydrogen-bond donors (Lipinski definition) is 1. The molecule has 0 atom stereocenters. The van der Waals surface area contributed by atoms with Gasteiger partial charge < -0.3 is 5.32 Å². The highest BCUT2D eigenvalue weighted by Crippen LogP contribution is 2.28. The fourth-order valence-corrected chi connectivity index (χ4v) is 3.67. The van der Waals surface area contributed by atoms with E-state index in [9.17, 15) is 4.79 Å². The van der Waals surface area contributed by atoms with E-state index < -0.39 is 0 Å². The van der Waals surface area contributed by atoms with Crippen molar-refractivity contribution in [2.24, 2.45) is 0 Å². The lowest BCUT2D eigenvalue weighted by molar-refractivity contribution is 0.0950. The van der Waals surface area contributed by atoms with Crippen LogP contribution in [0, 0.1) is 0 Å². The predicted octanol–water partition coefficient (Wildman–Crippen LogP) is 4.04. The number of nitrogens with zero attached hydrogens (tertiary/aromatic N) is 2. The highest BCUT2D eigenvalue weighted by Gasteiger charge is 2.13. The zero-order valence-corrected chi connectivity index (χ0v) is 14.4. The Hall–Kier alpha value is -2.92. The standard InChI is InChI=1S/C20H17N3OS/c24-19(21-12-11-15-7-3-1-4-8-15)17-13-23-14-18(25-20(23)22-17)16-9-5-2-6-10-16/h1-10,13-14H,11-12H2,(H,21,24). The molecule has 25 heavy (non-hydrogen) atoms. The molecule has 0 aliphatic rings. The summed E-state index contributed by atoms with van der Waals surface area (Å²) < 4.78 is 1.92. The van der Waals surface area contributed by atoms with Crippen molar-refractivity contribution in [2.45, 2.75) is 6.42 Å². The third-order valence-corrected chi connectivity index (χ3v) is 5.03. The monoisotopic (exact) mass is 347 g/mol. The summed E-state index contributed by atoms with van der Waals surface area (Å²) in [6, 6.07) is 20.3. The lowest BCUT2D eigenvalue weighted by Crippen LogP contribution is -2.25. The van der Waals surface area contributed by atoms with Crippen molar-refractivity contribution < 1.29 is 4.79 Å². The molecule has 0 bridgehead atoms. The molecule has 2 aromatic carbocycles. The molecule has 0 aliphatic heterocycles. The second-order valence-electron chi connectivity index (χ2n) is 5.77. The molecule has 4 rings (SSSR count). The van der Waals surface area contributed by atoms with E-state index in [1.54, 1.807) is 17.5 Å². The average molecular weight is 347 g/mol. The molecule has 0 unspecified atom stereocenters. The predicted molar refractivity (Wildman–Crippen MR) is 101 cm³/mol. The third kappa shape index (κ3) is 3.46. The number of aromatic nitrogens is 2. The van der Waals surface area contributed by atoms with Crippen molar-refractivity contribution in [3.8, 4) is 10.4 Å². The van der Waals surface area contributed by atoms with Gasteiger partial charge in [-0.3, -0.25) is 9.20 Å². The van der Waals surface area contributed by atoms with Crippen molar-refractivity contribution in [1.82, 2.24) is 14.7 Å². The Labute approximate surface area is 149 Å². The maximum atomic E-state index is 12.3. The smallest absolute Gasteiger partial charge is 0.271 e. The van der Waals surface area contributed by atoms with E-state index in [0.29, 0.717) is 12.2 Å². The third-order valence-electron chi connectivity index (χ3n) is 3.99. The molecule has 0 aliphatic carbocycles. The molecule has 0 saturated carbocycles. The summed E-state index contributed by atoms with van der Waals surface area (Å²) in [6.07, 6.45) is 4.62. The second kappa shape index (κ2) is 6.91. The summed E-state index contributed by atoms with van der Waals surface area (Å²) in [5.74, 6) is -0.131. The quantitative estimate of drug-likeness (QED) is 0.592. The summed E-state index contributed by atoms with van der Waals surface area (Å²) in [4.78, 5) is 18.7. The van der Waals surface area contributed by atoms with Gasteiger partial charge in [-0.1, -0.05) is 72.0 Å². The Kier molecular flexibility index (Phi) is 4.31. The summed E-state index contributed by atoms with van der Waals surface area (Å²) in [5.41, 5.74) is 2.83. The molecular weight excluding hydrogens is 330 g/mol. The minimum atomic E-state index is -0.131. The lowest BCUT2D eigenvalue weighted by Gasteiger charge is -2.03. The number of benzene rings is 2. The Bertz CT molecular complexity index is 958. The number of amides is 1. The molecule has 0 fully saturated rings. The molecule has 2 heterocycles. The van der Waals surface area contributed by atoms with Crippen LogP contribution in [0.5, 0.6) is 0 Å². The number of hydrogen-bond acceptors (Lipinski definition) is 3. The van der Waals surface area contributed by atoms with Crippen molar-refractivity contribution in [2.75, 3.05) is 6.54 Å². The van der Waals surface area contributed by atoms with Gasteiger partial charge in [0.05, 0.1) is 4.88 Å². The van der Waals surface area contributed by atoms with Crippen molar-refractivity contribution in [1.29, 1.82) is 0 Å². The van der Waals surface area contributed by atoms with E-state index >= 15 is 0 Å². The van der Waals surface area contributed by atoms with E-state index in [0.717, 1.165) is 21.8 Å². The van der Waals surface area contributed by atoms with Crippen LogP contribution < -0.4 is 5.32 Å². The number of imidazole rings is 1. The van der Waals surface area contributed by atoms with E-state index in [2.05, 4.69) is 34.6 Å². The largest absolute Gasteiger partial charge is 0.350 e. The van der Waals surface area contributed by atoms with E-state index in [1.165, 1.54) is 5.56 Å². The van der Waals surface area contributed by atoms with Crippen LogP contribution in [0.4, 0.5) is 0 Å². The Morgan fingerprint density at radius 2 is 1.72 bits per heavy atom. The fraction of sp³-hybridized carbons (Fsp3) is 0.100. The number of rotatable bonds is 5. The van der Waals surface area contributed by atoms with Gasteiger partial charge in [-0.05, 0) is 17.5 Å². The minimum Gasteiger partial charge on any atom is -0.350 e. The fourth-order valence-electron chi connectivity index (χ4n) is 2.70. The van der Waals surface area contributed by atoms with Gasteiger partial charge in [0.25, 0.3) is 5.91 Å². The van der Waals surface area contributed by atoms with Crippen LogP contribution in [0.15, 0.2) is 73.1 Å². The number of fused-ring (bicyclic) bond motifs is 1. The molecule has 2 aromatic heterocycles. The van der Waals surface area contributed by atoms with Gasteiger partial charge in [-0.2, -0.15) is 0 Å². The number of carbonyl (C=O) groups excluding carboxylic acids is 1. The first-order valence-corrected chi connectivity index (χ1v) is 8.97. The summed E-state index contributed by atoms with van der Waals surface area (Å²) in [6.45, 7) is 0.600. The zero-order chi connectivity index (χ0) is 17.1. The normalized spacial score (nSPS) is 10.9. The van der Waals surface area contributed by atoms with Gasteiger partial charge in [0.1, 0.15) is 5.69 Å². The minimum absolute atomic E-state index is 0.131. The van der Waals surface area contributed by atoms with Crippen LogP contribution in [-0.4, -0.2) is 21.8 Å². The van der Waals surface area contributed by atoms with Gasteiger partial charge in [0.15, 0.2) is 4.96 Å². The van der Waals surface area contributed by atoms with Crippen LogP contribution >= 0.6 is 11.3 Å². The Balaban J connectivity index is 1.43. The van der Waals surface area contributed by atoms with Crippen LogP contribution in [0.1, 0.15) is 16.1 Å². The molecule has 0 radical (unpaired) electrons. The molecule has 1 amide bonds. The van der Waals surface area contributed by atoms with Crippen molar-refractivity contribution >= 4 is 22.2 Å². The summed E-state index contributed by atoms with van der Waals surface area (Å²) in [7, 11) is 0. The Morgan fingerprint density at radius 1 is 1.00 bits per heavy atom. The van der Waals surface area contributed by atoms with Gasteiger partial charge in [0.2, 0.25) is 0 Å². The molecule has 4 aromatic rings. The lowest BCUT2D eigenvalue weighted by atomic mass is 10.1. The van der Waals surface area contributed by atoms with Gasteiger partial charge in [-0.15, -0.1) is 0 Å². The van der Waals surface area contributed by atoms with E-state index in [4.69, 9.17) is 0 Å². The molecule has 0 saturated heterocycles. The summed E-state index contributed by atoms with van der Waals surface area (Å²) >= 11 is 1.58. The van der Waals surface area contributed by atoms with Crippen LogP contribution in [-0.2, 0) is 6.42 Å². The number of nitrogens with one attached hydrogen (secondary N) is 1. The topological polar surface area (TPSA) is 46.4 Å². The van der Waals surface area contributed by atoms with Crippen molar-refractivity contribution in [3.63, 3.8) is 0 Å². The van der Waals surface area contributed by atoms with Crippen LogP contribution in [0.2, 0.25) is 0 Å². The van der Waals surface area contributed by atoms with Crippen molar-refractivity contribution in [3.05, 3.63) is 84.3 Å². The molecule has 4 nitrogen and oxygen atoms in total. The summed E-state index contributed by atoms with van der Waals surface area (Å²) in [5, 5.41) is 2.93. The Morgan fingerprint density at radius 3 is 2.44 bits per heavy atom. The SMILES string of the molecule is O=C(NCCc1ccccc1)c1cn2cc(-c3ccccc3)sc2n1. The molecule has 0 spiro atoms. The highest BCUT2D eigenvalue weighted by molar-refractivity contribution is 7.20. The van der Waals surface area contributed by atoms with Crippen LogP contribution in [0.25, 0.3) is 15.4 Å². The van der Waals surface area contributed by atoms with E-state index in [-0.39, 0.29) is 5.91 Å². The highest BCUT2D eigenvalue weighted by atomic mass is 32.1. The first kappa shape index (κ1) is 15.6. The van der Waals surface area contributed by atoms with E-state index in [1.807, 2.05) is 47.0 Å². The molecule has 5 heteroatoms. The first-order chi connectivity index (χ1) is 12.3. The van der Waals surface area contributed by atoms with Gasteiger partial charge in [-0.25, -0.2) is 4.98 Å². The van der Waals surface area contributed by atoms with Gasteiger partial charge >= 0.3 is 0 Å². The maximum Gasteiger partial charge on any atom is 0.271 e. The molecule has 124 valence electrons. The van der Waals surface area contributed by atoms with Crippen LogP contribution in [0.3, 0.4) is 0 Å². The average Bonchev–Trinajstić information content (AvgIpc) is 3.22. The first-order valence-electron chi connectivity index (χ1n) is 8.16. The number of carbonyl (C=O) groups is 1.